The van der Waals surface area contributed by atoms with Crippen LogP contribution in [0.3, 0.4) is 0 Å². The average Bonchev–Trinajstić information content (AvgIpc) is 3.46. The Balaban J connectivity index is 1.27. The van der Waals surface area contributed by atoms with Crippen LogP contribution < -0.4 is 10.3 Å². The largest absolute Gasteiger partial charge is 0.423 e. The minimum absolute atomic E-state index is 0.0357. The van der Waals surface area contributed by atoms with Gasteiger partial charge in [0.25, 0.3) is 11.9 Å². The van der Waals surface area contributed by atoms with Crippen molar-refractivity contribution in [1.82, 2.24) is 9.88 Å². The molecule has 31 heavy (non-hydrogen) atoms. The molecule has 158 valence electrons. The van der Waals surface area contributed by atoms with Gasteiger partial charge in [0, 0.05) is 50.3 Å². The Kier molecular flexibility index (Phi) is 4.85. The molecule has 2 N–H and O–H groups in total. The highest BCUT2D eigenvalue weighted by Gasteiger charge is 2.43. The van der Waals surface area contributed by atoms with E-state index in [0.29, 0.717) is 53.3 Å². The Morgan fingerprint density at radius 2 is 1.97 bits per heavy atom. The molecule has 2 aliphatic rings. The predicted molar refractivity (Wildman–Crippen MR) is 116 cm³/mol. The Hall–Kier alpha value is -3.75. The lowest BCUT2D eigenvalue weighted by atomic mass is 10.0. The third-order valence-corrected chi connectivity index (χ3v) is 5.87. The van der Waals surface area contributed by atoms with Gasteiger partial charge in [-0.25, -0.2) is 4.39 Å². The molecular formula is C22H21FN6O2. The van der Waals surface area contributed by atoms with Crippen molar-refractivity contribution in [2.24, 2.45) is 16.9 Å². The summed E-state index contributed by atoms with van der Waals surface area (Å²) in [4.78, 5) is 21.6. The third-order valence-electron chi connectivity index (χ3n) is 5.87. The van der Waals surface area contributed by atoms with E-state index in [4.69, 9.17) is 9.83 Å². The topological polar surface area (TPSA) is 97.8 Å². The summed E-state index contributed by atoms with van der Waals surface area (Å²) < 4.78 is 19.2. The van der Waals surface area contributed by atoms with Crippen LogP contribution in [0.15, 0.2) is 52.0 Å². The van der Waals surface area contributed by atoms with Crippen molar-refractivity contribution in [2.45, 2.75) is 0 Å². The Labute approximate surface area is 177 Å². The zero-order valence-corrected chi connectivity index (χ0v) is 16.7. The summed E-state index contributed by atoms with van der Waals surface area (Å²) in [6.45, 7) is 2.81. The van der Waals surface area contributed by atoms with Gasteiger partial charge < -0.3 is 19.6 Å². The number of benzene rings is 2. The normalized spacial score (nSPS) is 20.5. The molecule has 1 amide bonds. The quantitative estimate of drug-likeness (QED) is 0.488. The number of para-hydroxylation sites is 1. The number of amides is 1. The number of carbonyl (C=O) groups excluding carboxylic acids is 1. The molecule has 2 aromatic carbocycles. The molecule has 2 atom stereocenters. The third kappa shape index (κ3) is 3.63. The summed E-state index contributed by atoms with van der Waals surface area (Å²) in [6.07, 6.45) is 2.38. The second kappa shape index (κ2) is 7.82. The molecular weight excluding hydrogens is 399 g/mol. The van der Waals surface area contributed by atoms with Crippen molar-refractivity contribution in [3.05, 3.63) is 53.8 Å². The molecule has 0 bridgehead atoms. The number of halogens is 1. The zero-order valence-electron chi connectivity index (χ0n) is 16.7. The molecule has 0 spiro atoms. The van der Waals surface area contributed by atoms with E-state index in [0.717, 1.165) is 19.3 Å². The lowest BCUT2D eigenvalue weighted by Gasteiger charge is -2.21. The fourth-order valence-electron chi connectivity index (χ4n) is 4.42. The first-order valence-corrected chi connectivity index (χ1v) is 10.1. The van der Waals surface area contributed by atoms with Gasteiger partial charge in [0.1, 0.15) is 11.3 Å². The van der Waals surface area contributed by atoms with Gasteiger partial charge in [-0.15, -0.1) is 0 Å². The maximum Gasteiger partial charge on any atom is 0.298 e. The number of aromatic nitrogens is 1. The molecule has 3 aromatic rings. The summed E-state index contributed by atoms with van der Waals surface area (Å²) in [5.41, 5.74) is 5.08. The van der Waals surface area contributed by atoms with Crippen molar-refractivity contribution in [3.63, 3.8) is 0 Å². The maximum absolute atomic E-state index is 13.4. The van der Waals surface area contributed by atoms with Gasteiger partial charge >= 0.3 is 0 Å². The van der Waals surface area contributed by atoms with Gasteiger partial charge in [-0.05, 0) is 24.3 Å². The molecule has 9 heteroatoms. The number of anilines is 2. The molecule has 2 saturated heterocycles. The van der Waals surface area contributed by atoms with Gasteiger partial charge in [0.15, 0.2) is 5.58 Å². The lowest BCUT2D eigenvalue weighted by Crippen LogP contribution is -2.33. The Morgan fingerprint density at radius 1 is 1.19 bits per heavy atom. The molecule has 2 aliphatic heterocycles. The Morgan fingerprint density at radius 3 is 2.74 bits per heavy atom. The van der Waals surface area contributed by atoms with Gasteiger partial charge in [0.05, 0.1) is 17.5 Å². The Bertz CT molecular complexity index is 1160. The molecule has 2 unspecified atom stereocenters. The van der Waals surface area contributed by atoms with Crippen LogP contribution in [0.1, 0.15) is 10.4 Å². The average molecular weight is 420 g/mol. The van der Waals surface area contributed by atoms with Crippen molar-refractivity contribution in [3.8, 4) is 0 Å². The number of fused-ring (bicyclic) bond motifs is 2. The van der Waals surface area contributed by atoms with Crippen LogP contribution in [0.2, 0.25) is 0 Å². The van der Waals surface area contributed by atoms with Crippen molar-refractivity contribution < 1.29 is 13.6 Å². The number of likely N-dealkylation sites (tertiary alicyclic amines) is 1. The first-order valence-electron chi connectivity index (χ1n) is 10.1. The number of nitrogens with one attached hydrogen (secondary N) is 2. The number of rotatable bonds is 5. The number of hydrazone groups is 1. The molecule has 0 radical (unpaired) electrons. The van der Waals surface area contributed by atoms with E-state index in [1.807, 2.05) is 17.0 Å². The summed E-state index contributed by atoms with van der Waals surface area (Å²) in [7, 11) is 0. The summed E-state index contributed by atoms with van der Waals surface area (Å²) in [6, 6.07) is 12.1. The van der Waals surface area contributed by atoms with E-state index < -0.39 is 0 Å². The molecule has 3 heterocycles. The fraction of sp³-hybridized carbons (Fsp3) is 0.273. The molecule has 0 saturated carbocycles. The summed E-state index contributed by atoms with van der Waals surface area (Å²) >= 11 is 0. The van der Waals surface area contributed by atoms with Crippen molar-refractivity contribution >= 4 is 41.1 Å². The molecule has 8 nitrogen and oxygen atoms in total. The van der Waals surface area contributed by atoms with Crippen LogP contribution >= 0.6 is 0 Å². The van der Waals surface area contributed by atoms with Gasteiger partial charge in [-0.3, -0.25) is 10.2 Å². The number of nitrogens with zero attached hydrogens (tertiary/aromatic N) is 4. The van der Waals surface area contributed by atoms with Crippen LogP contribution in [0.5, 0.6) is 0 Å². The lowest BCUT2D eigenvalue weighted by molar-refractivity contribution is 0.0783. The number of hydrogen-bond acceptors (Lipinski definition) is 7. The number of carbonyl (C=O) groups is 1. The second-order valence-corrected chi connectivity index (χ2v) is 7.85. The maximum atomic E-state index is 13.4. The van der Waals surface area contributed by atoms with Crippen molar-refractivity contribution in [1.29, 1.82) is 5.41 Å². The van der Waals surface area contributed by atoms with E-state index >= 15 is 0 Å². The van der Waals surface area contributed by atoms with E-state index in [2.05, 4.69) is 20.4 Å². The SMILES string of the molecule is N=C/C=N\Nc1ccccc1C(=O)N1CC2CN(c3nc4ccc(F)cc4o3)CC2C1. The fourth-order valence-corrected chi connectivity index (χ4v) is 4.42. The van der Waals surface area contributed by atoms with Crippen LogP contribution in [0.25, 0.3) is 11.1 Å². The highest BCUT2D eigenvalue weighted by Crippen LogP contribution is 2.35. The molecule has 0 aliphatic carbocycles. The standard InChI is InChI=1S/C22H21FN6O2/c23-16-5-6-19-20(9-16)31-22(26-19)29-12-14-10-28(11-15(14)13-29)21(30)17-3-1-2-4-18(17)27-25-8-7-24/h1-9,14-15,24,27H,10-13H2/b24-7?,25-8-. The zero-order chi connectivity index (χ0) is 21.4. The minimum Gasteiger partial charge on any atom is -0.423 e. The smallest absolute Gasteiger partial charge is 0.298 e. The van der Waals surface area contributed by atoms with Crippen LogP contribution in [-0.4, -0.2) is 54.4 Å². The minimum atomic E-state index is -0.346. The van der Waals surface area contributed by atoms with E-state index in [1.165, 1.54) is 18.3 Å². The van der Waals surface area contributed by atoms with E-state index in [1.54, 1.807) is 18.2 Å². The highest BCUT2D eigenvalue weighted by atomic mass is 19.1. The molecule has 2 fully saturated rings. The van der Waals surface area contributed by atoms with Crippen LogP contribution in [0.4, 0.5) is 16.1 Å². The van der Waals surface area contributed by atoms with Crippen molar-refractivity contribution in [2.75, 3.05) is 36.5 Å². The van der Waals surface area contributed by atoms with Gasteiger partial charge in [-0.1, -0.05) is 12.1 Å². The monoisotopic (exact) mass is 420 g/mol. The molecule has 5 rings (SSSR count). The van der Waals surface area contributed by atoms with Gasteiger partial charge in [-0.2, -0.15) is 10.1 Å². The van der Waals surface area contributed by atoms with Crippen LogP contribution in [-0.2, 0) is 0 Å². The predicted octanol–water partition coefficient (Wildman–Crippen LogP) is 3.22. The number of oxazole rings is 1. The summed E-state index contributed by atoms with van der Waals surface area (Å²) in [5, 5.41) is 10.9. The summed E-state index contributed by atoms with van der Waals surface area (Å²) in [5.74, 6) is 0.269. The van der Waals surface area contributed by atoms with E-state index in [9.17, 15) is 9.18 Å². The first kappa shape index (κ1) is 19.2. The second-order valence-electron chi connectivity index (χ2n) is 7.85. The van der Waals surface area contributed by atoms with E-state index in [-0.39, 0.29) is 11.7 Å². The molecule has 1 aromatic heterocycles. The highest BCUT2D eigenvalue weighted by molar-refractivity contribution is 6.14. The number of hydrogen-bond donors (Lipinski definition) is 2. The van der Waals surface area contributed by atoms with Gasteiger partial charge in [0.2, 0.25) is 0 Å². The van der Waals surface area contributed by atoms with Crippen LogP contribution in [0, 0.1) is 23.1 Å². The first-order chi connectivity index (χ1) is 15.1.